The summed E-state index contributed by atoms with van der Waals surface area (Å²) in [7, 11) is 0. The molecule has 3 aromatic rings. The zero-order valence-corrected chi connectivity index (χ0v) is 12.6. The Labute approximate surface area is 134 Å². The molecule has 1 aliphatic heterocycles. The van der Waals surface area contributed by atoms with E-state index in [0.717, 1.165) is 24.2 Å². The van der Waals surface area contributed by atoms with Gasteiger partial charge < -0.3 is 9.47 Å². The van der Waals surface area contributed by atoms with Crippen LogP contribution in [0.25, 0.3) is 5.69 Å². The lowest BCUT2D eigenvalue weighted by molar-refractivity contribution is 0.0787. The summed E-state index contributed by atoms with van der Waals surface area (Å²) in [6.45, 7) is 1.43. The number of amides is 1. The molecule has 6 heteroatoms. The lowest BCUT2D eigenvalue weighted by Gasteiger charge is -2.17. The van der Waals surface area contributed by atoms with Gasteiger partial charge in [0.2, 0.25) is 0 Å². The van der Waals surface area contributed by atoms with Gasteiger partial charge in [-0.15, -0.1) is 5.10 Å². The highest BCUT2D eigenvalue weighted by molar-refractivity contribution is 5.94. The van der Waals surface area contributed by atoms with Crippen LogP contribution < -0.4 is 0 Å². The highest BCUT2D eigenvalue weighted by Gasteiger charge is 2.28. The van der Waals surface area contributed by atoms with E-state index < -0.39 is 0 Å². The van der Waals surface area contributed by atoms with Crippen LogP contribution in [0.5, 0.6) is 0 Å². The van der Waals surface area contributed by atoms with Gasteiger partial charge in [-0.1, -0.05) is 5.21 Å². The highest BCUT2D eigenvalue weighted by Crippen LogP contribution is 2.22. The third kappa shape index (κ3) is 2.63. The van der Waals surface area contributed by atoms with Crippen LogP contribution in [0.4, 0.5) is 0 Å². The van der Waals surface area contributed by atoms with Crippen molar-refractivity contribution in [1.29, 1.82) is 0 Å². The standard InChI is InChI=1S/C17H17N5O/c23-17(21-11-7-16(13-21)22-12-8-18-19-22)14-3-5-15(6-4-14)20-9-1-2-10-20/h1-6,8-10,12,16H,7,11,13H2. The molecule has 1 aliphatic rings. The van der Waals surface area contributed by atoms with Gasteiger partial charge in [0.25, 0.3) is 5.91 Å². The minimum Gasteiger partial charge on any atom is -0.336 e. The van der Waals surface area contributed by atoms with E-state index in [4.69, 9.17) is 0 Å². The highest BCUT2D eigenvalue weighted by atomic mass is 16.2. The van der Waals surface area contributed by atoms with Crippen LogP contribution in [0.3, 0.4) is 0 Å². The maximum atomic E-state index is 12.6. The first-order valence-electron chi connectivity index (χ1n) is 7.70. The Kier molecular flexibility index (Phi) is 3.42. The van der Waals surface area contributed by atoms with E-state index in [1.54, 1.807) is 6.20 Å². The second-order valence-electron chi connectivity index (χ2n) is 5.71. The average molecular weight is 307 g/mol. The molecule has 1 fully saturated rings. The Morgan fingerprint density at radius 3 is 2.57 bits per heavy atom. The van der Waals surface area contributed by atoms with Crippen LogP contribution in [-0.4, -0.2) is 43.5 Å². The minimum absolute atomic E-state index is 0.0756. The quantitative estimate of drug-likeness (QED) is 0.745. The summed E-state index contributed by atoms with van der Waals surface area (Å²) in [6, 6.07) is 11.9. The molecule has 1 atom stereocenters. The third-order valence-corrected chi connectivity index (χ3v) is 4.28. The number of carbonyl (C=O) groups is 1. The van der Waals surface area contributed by atoms with Crippen LogP contribution in [0.2, 0.25) is 0 Å². The Morgan fingerprint density at radius 1 is 1.09 bits per heavy atom. The number of aromatic nitrogens is 4. The zero-order chi connectivity index (χ0) is 15.6. The van der Waals surface area contributed by atoms with Gasteiger partial charge in [-0.3, -0.25) is 4.79 Å². The summed E-state index contributed by atoms with van der Waals surface area (Å²) in [5.74, 6) is 0.0756. The molecule has 23 heavy (non-hydrogen) atoms. The molecule has 0 N–H and O–H groups in total. The van der Waals surface area contributed by atoms with Gasteiger partial charge in [0.15, 0.2) is 0 Å². The monoisotopic (exact) mass is 307 g/mol. The van der Waals surface area contributed by atoms with Crippen molar-refractivity contribution in [2.75, 3.05) is 13.1 Å². The molecule has 0 aliphatic carbocycles. The number of nitrogens with zero attached hydrogens (tertiary/aromatic N) is 5. The fraction of sp³-hybridized carbons (Fsp3) is 0.235. The Bertz CT molecular complexity index is 777. The largest absolute Gasteiger partial charge is 0.336 e. The molecular weight excluding hydrogens is 290 g/mol. The normalized spacial score (nSPS) is 17.6. The van der Waals surface area contributed by atoms with Gasteiger partial charge in [0, 0.05) is 42.9 Å². The maximum Gasteiger partial charge on any atom is 0.253 e. The molecule has 6 nitrogen and oxygen atoms in total. The molecular formula is C17H17N5O. The molecule has 0 radical (unpaired) electrons. The van der Waals surface area contributed by atoms with Crippen molar-refractivity contribution < 1.29 is 4.79 Å². The van der Waals surface area contributed by atoms with E-state index in [1.807, 2.05) is 69.1 Å². The predicted molar refractivity (Wildman–Crippen MR) is 85.3 cm³/mol. The van der Waals surface area contributed by atoms with Crippen LogP contribution in [-0.2, 0) is 0 Å². The van der Waals surface area contributed by atoms with Gasteiger partial charge in [-0.25, -0.2) is 4.68 Å². The van der Waals surface area contributed by atoms with Crippen LogP contribution >= 0.6 is 0 Å². The molecule has 1 amide bonds. The molecule has 2 aromatic heterocycles. The van der Waals surface area contributed by atoms with E-state index in [2.05, 4.69) is 10.3 Å². The third-order valence-electron chi connectivity index (χ3n) is 4.28. The SMILES string of the molecule is O=C(c1ccc(-n2cccc2)cc1)N1CCC(n2ccnn2)C1. The molecule has 4 rings (SSSR count). The zero-order valence-electron chi connectivity index (χ0n) is 12.6. The van der Waals surface area contributed by atoms with Gasteiger partial charge in [0.05, 0.1) is 12.2 Å². The molecule has 1 aromatic carbocycles. The molecule has 3 heterocycles. The summed E-state index contributed by atoms with van der Waals surface area (Å²) in [4.78, 5) is 14.5. The molecule has 0 bridgehead atoms. The van der Waals surface area contributed by atoms with E-state index >= 15 is 0 Å². The Balaban J connectivity index is 1.47. The number of likely N-dealkylation sites (tertiary alicyclic amines) is 1. The predicted octanol–water partition coefficient (Wildman–Crippen LogP) is 2.16. The second-order valence-corrected chi connectivity index (χ2v) is 5.71. The second kappa shape index (κ2) is 5.72. The van der Waals surface area contributed by atoms with Crippen LogP contribution in [0.15, 0.2) is 61.2 Å². The van der Waals surface area contributed by atoms with Crippen molar-refractivity contribution in [2.45, 2.75) is 12.5 Å². The molecule has 0 saturated carbocycles. The van der Waals surface area contributed by atoms with E-state index in [1.165, 1.54) is 0 Å². The number of carbonyl (C=O) groups excluding carboxylic acids is 1. The van der Waals surface area contributed by atoms with Crippen LogP contribution in [0, 0.1) is 0 Å². The summed E-state index contributed by atoms with van der Waals surface area (Å²) < 4.78 is 3.85. The smallest absolute Gasteiger partial charge is 0.253 e. The number of rotatable bonds is 3. The topological polar surface area (TPSA) is 56.0 Å². The van der Waals surface area contributed by atoms with Gasteiger partial charge in [-0.05, 0) is 42.8 Å². The molecule has 1 saturated heterocycles. The number of hydrogen-bond acceptors (Lipinski definition) is 3. The van der Waals surface area contributed by atoms with Crippen molar-refractivity contribution in [3.8, 4) is 5.69 Å². The summed E-state index contributed by atoms with van der Waals surface area (Å²) >= 11 is 0. The molecule has 116 valence electrons. The van der Waals surface area contributed by atoms with Gasteiger partial charge in [-0.2, -0.15) is 0 Å². The van der Waals surface area contributed by atoms with Gasteiger partial charge >= 0.3 is 0 Å². The lowest BCUT2D eigenvalue weighted by atomic mass is 10.2. The van der Waals surface area contributed by atoms with Crippen molar-refractivity contribution in [3.05, 3.63) is 66.7 Å². The molecule has 0 spiro atoms. The first-order valence-corrected chi connectivity index (χ1v) is 7.70. The first kappa shape index (κ1) is 13.8. The minimum atomic E-state index is 0.0756. The summed E-state index contributed by atoms with van der Waals surface area (Å²) in [5.41, 5.74) is 1.77. The fourth-order valence-electron chi connectivity index (χ4n) is 3.02. The number of benzene rings is 1. The first-order chi connectivity index (χ1) is 11.3. The number of hydrogen-bond donors (Lipinski definition) is 0. The molecule has 1 unspecified atom stereocenters. The van der Waals surface area contributed by atoms with E-state index in [9.17, 15) is 4.79 Å². The van der Waals surface area contributed by atoms with Crippen molar-refractivity contribution in [2.24, 2.45) is 0 Å². The summed E-state index contributed by atoms with van der Waals surface area (Å²) in [5, 5.41) is 7.87. The fourth-order valence-corrected chi connectivity index (χ4v) is 3.02. The lowest BCUT2D eigenvalue weighted by Crippen LogP contribution is -2.29. The Morgan fingerprint density at radius 2 is 1.87 bits per heavy atom. The maximum absolute atomic E-state index is 12.6. The van der Waals surface area contributed by atoms with Crippen molar-refractivity contribution >= 4 is 5.91 Å². The van der Waals surface area contributed by atoms with E-state index in [0.29, 0.717) is 6.54 Å². The van der Waals surface area contributed by atoms with E-state index in [-0.39, 0.29) is 11.9 Å². The van der Waals surface area contributed by atoms with Gasteiger partial charge in [0.1, 0.15) is 0 Å². The average Bonchev–Trinajstić information content (AvgIpc) is 3.36. The van der Waals surface area contributed by atoms with Crippen LogP contribution in [0.1, 0.15) is 22.8 Å². The van der Waals surface area contributed by atoms with Crippen molar-refractivity contribution in [3.63, 3.8) is 0 Å². The Hall–Kier alpha value is -2.89. The summed E-state index contributed by atoms with van der Waals surface area (Å²) in [6.07, 6.45) is 8.41. The van der Waals surface area contributed by atoms with Crippen molar-refractivity contribution in [1.82, 2.24) is 24.5 Å².